The highest BCUT2D eigenvalue weighted by molar-refractivity contribution is 5.94. The Hall–Kier alpha value is -3.08. The Morgan fingerprint density at radius 2 is 1.65 bits per heavy atom. The average Bonchev–Trinajstić information content (AvgIpc) is 3.13. The van der Waals surface area contributed by atoms with Crippen molar-refractivity contribution in [3.63, 3.8) is 0 Å². The van der Waals surface area contributed by atoms with Crippen LogP contribution in [-0.2, 0) is 12.1 Å². The van der Waals surface area contributed by atoms with Crippen LogP contribution in [0.3, 0.4) is 0 Å². The Kier molecular flexibility index (Phi) is 5.07. The van der Waals surface area contributed by atoms with Gasteiger partial charge in [0.2, 0.25) is 0 Å². The summed E-state index contributed by atoms with van der Waals surface area (Å²) in [7, 11) is 0. The fraction of sp³-hybridized carbons (Fsp3) is 0.238. The van der Waals surface area contributed by atoms with Crippen molar-refractivity contribution in [3.8, 4) is 0 Å². The van der Waals surface area contributed by atoms with Crippen molar-refractivity contribution in [2.45, 2.75) is 32.9 Å². The highest BCUT2D eigenvalue weighted by Crippen LogP contribution is 2.16. The van der Waals surface area contributed by atoms with Crippen molar-refractivity contribution in [2.24, 2.45) is 0 Å². The minimum atomic E-state index is -0.180. The zero-order chi connectivity index (χ0) is 18.6. The second-order valence-electron chi connectivity index (χ2n) is 7.19. The maximum absolute atomic E-state index is 12.8. The van der Waals surface area contributed by atoms with E-state index in [4.69, 9.17) is 0 Å². The molecule has 0 aliphatic carbocycles. The quantitative estimate of drug-likeness (QED) is 0.709. The zero-order valence-corrected chi connectivity index (χ0v) is 15.4. The molecule has 0 bridgehead atoms. The van der Waals surface area contributed by atoms with Crippen molar-refractivity contribution in [1.82, 2.24) is 15.2 Å². The van der Waals surface area contributed by atoms with Gasteiger partial charge >= 0.3 is 0 Å². The first-order valence-corrected chi connectivity index (χ1v) is 8.66. The van der Waals surface area contributed by atoms with Gasteiger partial charge in [-0.05, 0) is 38.5 Å². The molecule has 0 aliphatic heterocycles. The van der Waals surface area contributed by atoms with Crippen LogP contribution in [0.4, 0.5) is 5.69 Å². The zero-order valence-electron chi connectivity index (χ0n) is 15.4. The molecule has 0 fully saturated rings. The third-order valence-electron chi connectivity index (χ3n) is 4.02. The van der Waals surface area contributed by atoms with Gasteiger partial charge in [-0.25, -0.2) is 0 Å². The van der Waals surface area contributed by atoms with Gasteiger partial charge in [-0.3, -0.25) is 19.9 Å². The summed E-state index contributed by atoms with van der Waals surface area (Å²) >= 11 is 0. The molecule has 0 spiro atoms. The molecular formula is C21H24N4O. The van der Waals surface area contributed by atoms with E-state index in [9.17, 15) is 4.79 Å². The molecule has 1 amide bonds. The van der Waals surface area contributed by atoms with Gasteiger partial charge in [0, 0.05) is 6.20 Å². The number of carbonyl (C=O) groups is 1. The lowest BCUT2D eigenvalue weighted by Gasteiger charge is -2.25. The van der Waals surface area contributed by atoms with E-state index in [2.05, 4.69) is 10.5 Å². The van der Waals surface area contributed by atoms with Gasteiger partial charge in [-0.15, -0.1) is 0 Å². The van der Waals surface area contributed by atoms with Crippen LogP contribution in [0.1, 0.15) is 36.7 Å². The highest BCUT2D eigenvalue weighted by Gasteiger charge is 2.18. The number of hydrogen-bond donors (Lipinski definition) is 1. The van der Waals surface area contributed by atoms with E-state index in [0.29, 0.717) is 12.1 Å². The van der Waals surface area contributed by atoms with Crippen LogP contribution in [0, 0.1) is 0 Å². The summed E-state index contributed by atoms with van der Waals surface area (Å²) in [5, 5.41) is 6.16. The number of nitrogens with one attached hydrogen (secondary N) is 1. The normalized spacial score (nSPS) is 11.2. The van der Waals surface area contributed by atoms with Crippen molar-refractivity contribution >= 4 is 11.6 Å². The van der Waals surface area contributed by atoms with E-state index in [1.54, 1.807) is 17.1 Å². The van der Waals surface area contributed by atoms with Crippen LogP contribution in [-0.4, -0.2) is 15.7 Å². The van der Waals surface area contributed by atoms with Gasteiger partial charge in [-0.2, -0.15) is 5.10 Å². The predicted octanol–water partition coefficient (Wildman–Crippen LogP) is 3.99. The number of benzene rings is 2. The first-order chi connectivity index (χ1) is 12.4. The molecule has 3 rings (SSSR count). The van der Waals surface area contributed by atoms with E-state index in [1.165, 1.54) is 0 Å². The minimum Gasteiger partial charge on any atom is -0.281 e. The molecule has 1 N–H and O–H groups in total. The molecule has 1 heterocycles. The summed E-state index contributed by atoms with van der Waals surface area (Å²) in [4.78, 5) is 12.8. The van der Waals surface area contributed by atoms with Crippen LogP contribution in [0.2, 0.25) is 0 Å². The fourth-order valence-corrected chi connectivity index (χ4v) is 2.56. The van der Waals surface area contributed by atoms with Gasteiger partial charge in [0.05, 0.1) is 29.5 Å². The second-order valence-corrected chi connectivity index (χ2v) is 7.19. The largest absolute Gasteiger partial charge is 0.281 e. The Morgan fingerprint density at radius 3 is 2.23 bits per heavy atom. The van der Waals surface area contributed by atoms with Crippen LogP contribution in [0.25, 0.3) is 0 Å². The molecule has 0 unspecified atom stereocenters. The highest BCUT2D eigenvalue weighted by atomic mass is 16.2. The smallest absolute Gasteiger partial charge is 0.272 e. The summed E-state index contributed by atoms with van der Waals surface area (Å²) < 4.78 is 1.80. The summed E-state index contributed by atoms with van der Waals surface area (Å²) in [6.45, 7) is 6.72. The van der Waals surface area contributed by atoms with E-state index in [0.717, 1.165) is 11.3 Å². The Morgan fingerprint density at radius 1 is 1.04 bits per heavy atom. The third kappa shape index (κ3) is 4.30. The summed E-state index contributed by atoms with van der Waals surface area (Å²) in [5.74, 6) is -0.180. The molecule has 3 aromatic rings. The van der Waals surface area contributed by atoms with Crippen LogP contribution in [0.5, 0.6) is 0 Å². The van der Waals surface area contributed by atoms with Crippen molar-refractivity contribution < 1.29 is 4.79 Å². The van der Waals surface area contributed by atoms with E-state index < -0.39 is 0 Å². The molecule has 5 nitrogen and oxygen atoms in total. The molecular weight excluding hydrogens is 324 g/mol. The molecule has 0 saturated heterocycles. The van der Waals surface area contributed by atoms with Crippen molar-refractivity contribution in [1.29, 1.82) is 0 Å². The summed E-state index contributed by atoms with van der Waals surface area (Å²) in [6, 6.07) is 19.9. The number of nitrogens with zero attached hydrogens (tertiary/aromatic N) is 3. The maximum Gasteiger partial charge on any atom is 0.272 e. The number of hydrogen-bond acceptors (Lipinski definition) is 3. The second kappa shape index (κ2) is 7.44. The SMILES string of the molecule is CC(C)(C)n1cc(C(=O)NN(Cc2ccccc2)c2ccccc2)cn1. The van der Waals surface area contributed by atoms with Crippen LogP contribution >= 0.6 is 0 Å². The topological polar surface area (TPSA) is 50.2 Å². The van der Waals surface area contributed by atoms with Gasteiger partial charge < -0.3 is 0 Å². The Labute approximate surface area is 154 Å². The maximum atomic E-state index is 12.8. The van der Waals surface area contributed by atoms with Crippen LogP contribution < -0.4 is 10.4 Å². The monoisotopic (exact) mass is 348 g/mol. The standard InChI is InChI=1S/C21H24N4O/c1-21(2,3)25-16-18(14-22-25)20(26)23-24(19-12-8-5-9-13-19)15-17-10-6-4-7-11-17/h4-14,16H,15H2,1-3H3,(H,23,26). The van der Waals surface area contributed by atoms with Gasteiger partial charge in [0.25, 0.3) is 5.91 Å². The third-order valence-corrected chi connectivity index (χ3v) is 4.02. The molecule has 1 aromatic heterocycles. The molecule has 0 aliphatic rings. The molecule has 134 valence electrons. The molecule has 5 heteroatoms. The van der Waals surface area contributed by atoms with Gasteiger partial charge in [-0.1, -0.05) is 48.5 Å². The Bertz CT molecular complexity index is 850. The van der Waals surface area contributed by atoms with Gasteiger partial charge in [0.15, 0.2) is 0 Å². The van der Waals surface area contributed by atoms with E-state index >= 15 is 0 Å². The average molecular weight is 348 g/mol. The molecule has 0 saturated carbocycles. The van der Waals surface area contributed by atoms with Crippen molar-refractivity contribution in [2.75, 3.05) is 5.01 Å². The number of anilines is 1. The van der Waals surface area contributed by atoms with Gasteiger partial charge in [0.1, 0.15) is 0 Å². The number of hydrazine groups is 1. The molecule has 0 atom stereocenters. The first-order valence-electron chi connectivity index (χ1n) is 8.66. The first kappa shape index (κ1) is 17.7. The van der Waals surface area contributed by atoms with Crippen LogP contribution in [0.15, 0.2) is 73.1 Å². The number of amides is 1. The summed E-state index contributed by atoms with van der Waals surface area (Å²) in [5.41, 5.74) is 5.41. The summed E-state index contributed by atoms with van der Waals surface area (Å²) in [6.07, 6.45) is 3.38. The number of para-hydroxylation sites is 1. The Balaban J connectivity index is 1.81. The lowest BCUT2D eigenvalue weighted by Crippen LogP contribution is -2.41. The number of aromatic nitrogens is 2. The number of rotatable bonds is 5. The molecule has 2 aromatic carbocycles. The lowest BCUT2D eigenvalue weighted by atomic mass is 10.1. The molecule has 26 heavy (non-hydrogen) atoms. The minimum absolute atomic E-state index is 0.165. The predicted molar refractivity (Wildman–Crippen MR) is 104 cm³/mol. The van der Waals surface area contributed by atoms with Crippen molar-refractivity contribution in [3.05, 3.63) is 84.2 Å². The lowest BCUT2D eigenvalue weighted by molar-refractivity contribution is 0.0948. The van der Waals surface area contributed by atoms with E-state index in [-0.39, 0.29) is 11.4 Å². The number of carbonyl (C=O) groups excluding carboxylic acids is 1. The van der Waals surface area contributed by atoms with E-state index in [1.807, 2.05) is 86.4 Å². The fourth-order valence-electron chi connectivity index (χ4n) is 2.56. The molecule has 0 radical (unpaired) electrons.